The maximum atomic E-state index is 10.8. The Morgan fingerprint density at radius 3 is 1.43 bits per heavy atom. The zero-order chi connectivity index (χ0) is 11.3. The molecular weight excluding hydrogens is 192 g/mol. The van der Waals surface area contributed by atoms with Crippen molar-refractivity contribution in [3.8, 4) is 0 Å². The van der Waals surface area contributed by atoms with Gasteiger partial charge in [0.25, 0.3) is 11.8 Å². The molecule has 2 amide bonds. The molecule has 0 bridgehead atoms. The van der Waals surface area contributed by atoms with Crippen molar-refractivity contribution in [1.29, 1.82) is 0 Å². The molecule has 0 aromatic carbocycles. The van der Waals surface area contributed by atoms with Crippen LogP contribution in [0.25, 0.3) is 0 Å². The standard InChI is InChI=1S/C7H14N2O5/c1-8-6(13)4(11)3(10)5(12)7(14)9-2/h3-5,10-12H,1-2H3,(H,8,13)(H,9,14)/t3?,4-,5+. The van der Waals surface area contributed by atoms with Crippen LogP contribution in [0.5, 0.6) is 0 Å². The zero-order valence-corrected chi connectivity index (χ0v) is 7.89. The van der Waals surface area contributed by atoms with Crippen LogP contribution in [0.1, 0.15) is 0 Å². The summed E-state index contributed by atoms with van der Waals surface area (Å²) in [6.45, 7) is 0. The van der Waals surface area contributed by atoms with Gasteiger partial charge >= 0.3 is 0 Å². The van der Waals surface area contributed by atoms with E-state index in [9.17, 15) is 9.59 Å². The average molecular weight is 206 g/mol. The zero-order valence-electron chi connectivity index (χ0n) is 7.89. The lowest BCUT2D eigenvalue weighted by Gasteiger charge is -2.20. The molecule has 0 spiro atoms. The van der Waals surface area contributed by atoms with E-state index in [1.807, 2.05) is 0 Å². The van der Waals surface area contributed by atoms with Crippen molar-refractivity contribution in [2.75, 3.05) is 14.1 Å². The number of aliphatic hydroxyl groups is 3. The highest BCUT2D eigenvalue weighted by atomic mass is 16.4. The van der Waals surface area contributed by atoms with Crippen LogP contribution in [0.15, 0.2) is 0 Å². The van der Waals surface area contributed by atoms with Crippen LogP contribution in [0.3, 0.4) is 0 Å². The van der Waals surface area contributed by atoms with Gasteiger partial charge in [0.15, 0.2) is 12.2 Å². The van der Waals surface area contributed by atoms with E-state index < -0.39 is 30.1 Å². The molecule has 5 N–H and O–H groups in total. The van der Waals surface area contributed by atoms with Gasteiger partial charge in [0.05, 0.1) is 0 Å². The summed E-state index contributed by atoms with van der Waals surface area (Å²) in [4.78, 5) is 21.6. The summed E-state index contributed by atoms with van der Waals surface area (Å²) in [5, 5.41) is 31.5. The summed E-state index contributed by atoms with van der Waals surface area (Å²) in [5.74, 6) is -1.75. The smallest absolute Gasteiger partial charge is 0.251 e. The van der Waals surface area contributed by atoms with E-state index in [1.165, 1.54) is 14.1 Å². The molecular formula is C7H14N2O5. The molecule has 0 heterocycles. The Hall–Kier alpha value is -1.18. The molecule has 7 heteroatoms. The molecule has 0 aliphatic heterocycles. The summed E-state index contributed by atoms with van der Waals surface area (Å²) in [6, 6.07) is 0. The SMILES string of the molecule is CNC(=O)[C@@H](O)C(O)[C@@H](O)C(=O)NC. The van der Waals surface area contributed by atoms with E-state index in [1.54, 1.807) is 0 Å². The van der Waals surface area contributed by atoms with Gasteiger partial charge in [-0.25, -0.2) is 0 Å². The summed E-state index contributed by atoms with van der Waals surface area (Å²) in [5.41, 5.74) is 0. The third-order valence-corrected chi connectivity index (χ3v) is 1.68. The molecule has 0 fully saturated rings. The molecule has 0 saturated heterocycles. The summed E-state index contributed by atoms with van der Waals surface area (Å²) < 4.78 is 0. The number of carbonyl (C=O) groups excluding carboxylic acids is 2. The fourth-order valence-electron chi connectivity index (χ4n) is 0.779. The molecule has 0 aromatic rings. The van der Waals surface area contributed by atoms with Gasteiger partial charge in [0.2, 0.25) is 0 Å². The van der Waals surface area contributed by atoms with Crippen molar-refractivity contribution >= 4 is 11.8 Å². The van der Waals surface area contributed by atoms with Crippen molar-refractivity contribution in [3.63, 3.8) is 0 Å². The quantitative estimate of drug-likeness (QED) is 0.328. The number of aliphatic hydroxyl groups excluding tert-OH is 3. The number of nitrogens with one attached hydrogen (secondary N) is 2. The van der Waals surface area contributed by atoms with Gasteiger partial charge in [-0.3, -0.25) is 9.59 Å². The number of amides is 2. The van der Waals surface area contributed by atoms with Crippen LogP contribution < -0.4 is 10.6 Å². The lowest BCUT2D eigenvalue weighted by Crippen LogP contribution is -2.51. The van der Waals surface area contributed by atoms with E-state index in [0.29, 0.717) is 0 Å². The van der Waals surface area contributed by atoms with Gasteiger partial charge in [0.1, 0.15) is 6.10 Å². The average Bonchev–Trinajstić information content (AvgIpc) is 2.23. The van der Waals surface area contributed by atoms with Gasteiger partial charge in [-0.05, 0) is 0 Å². The van der Waals surface area contributed by atoms with Gasteiger partial charge in [-0.2, -0.15) is 0 Å². The Morgan fingerprint density at radius 2 is 1.21 bits per heavy atom. The fourth-order valence-corrected chi connectivity index (χ4v) is 0.779. The molecule has 3 atom stereocenters. The first-order valence-electron chi connectivity index (χ1n) is 3.93. The number of likely N-dealkylation sites (N-methyl/N-ethyl adjacent to an activating group) is 2. The van der Waals surface area contributed by atoms with Gasteiger partial charge in [0, 0.05) is 14.1 Å². The second-order valence-corrected chi connectivity index (χ2v) is 2.61. The molecule has 0 aliphatic carbocycles. The Balaban J connectivity index is 4.37. The minimum absolute atomic E-state index is 0.875. The van der Waals surface area contributed by atoms with Crippen molar-refractivity contribution in [2.45, 2.75) is 18.3 Å². The fraction of sp³-hybridized carbons (Fsp3) is 0.714. The van der Waals surface area contributed by atoms with Crippen LogP contribution in [0, 0.1) is 0 Å². The van der Waals surface area contributed by atoms with Crippen molar-refractivity contribution in [3.05, 3.63) is 0 Å². The molecule has 0 rings (SSSR count). The minimum atomic E-state index is -1.85. The normalized spacial score (nSPS) is 16.6. The van der Waals surface area contributed by atoms with Crippen LogP contribution in [0.2, 0.25) is 0 Å². The topological polar surface area (TPSA) is 119 Å². The van der Waals surface area contributed by atoms with Gasteiger partial charge < -0.3 is 26.0 Å². The van der Waals surface area contributed by atoms with Crippen molar-refractivity contribution in [1.82, 2.24) is 10.6 Å². The number of rotatable bonds is 4. The van der Waals surface area contributed by atoms with E-state index >= 15 is 0 Å². The highest BCUT2D eigenvalue weighted by Crippen LogP contribution is 2.00. The molecule has 7 nitrogen and oxygen atoms in total. The Labute approximate surface area is 80.7 Å². The van der Waals surface area contributed by atoms with Gasteiger partial charge in [-0.1, -0.05) is 0 Å². The van der Waals surface area contributed by atoms with Gasteiger partial charge in [-0.15, -0.1) is 0 Å². The Bertz CT molecular complexity index is 198. The van der Waals surface area contributed by atoms with E-state index in [0.717, 1.165) is 0 Å². The van der Waals surface area contributed by atoms with Crippen LogP contribution in [0.4, 0.5) is 0 Å². The van der Waals surface area contributed by atoms with Crippen LogP contribution in [-0.2, 0) is 9.59 Å². The highest BCUT2D eigenvalue weighted by molar-refractivity contribution is 5.85. The molecule has 82 valence electrons. The van der Waals surface area contributed by atoms with E-state index in [2.05, 4.69) is 10.6 Å². The lowest BCUT2D eigenvalue weighted by atomic mass is 10.1. The van der Waals surface area contributed by atoms with E-state index in [4.69, 9.17) is 15.3 Å². The van der Waals surface area contributed by atoms with Crippen LogP contribution in [-0.4, -0.2) is 59.5 Å². The number of carbonyl (C=O) groups is 2. The Kier molecular flexibility index (Phi) is 5.06. The predicted molar refractivity (Wildman–Crippen MR) is 46.2 cm³/mol. The van der Waals surface area contributed by atoms with Crippen LogP contribution >= 0.6 is 0 Å². The third-order valence-electron chi connectivity index (χ3n) is 1.68. The molecule has 0 radical (unpaired) electrons. The first-order valence-corrected chi connectivity index (χ1v) is 3.93. The molecule has 0 aliphatic rings. The molecule has 14 heavy (non-hydrogen) atoms. The minimum Gasteiger partial charge on any atom is -0.387 e. The van der Waals surface area contributed by atoms with Crippen molar-refractivity contribution in [2.24, 2.45) is 0 Å². The predicted octanol–water partition coefficient (Wildman–Crippen LogP) is -3.44. The maximum absolute atomic E-state index is 10.8. The second kappa shape index (κ2) is 5.53. The monoisotopic (exact) mass is 206 g/mol. The largest absolute Gasteiger partial charge is 0.387 e. The van der Waals surface area contributed by atoms with Crippen molar-refractivity contribution < 1.29 is 24.9 Å². The molecule has 1 unspecified atom stereocenters. The van der Waals surface area contributed by atoms with E-state index in [-0.39, 0.29) is 0 Å². The summed E-state index contributed by atoms with van der Waals surface area (Å²) >= 11 is 0. The summed E-state index contributed by atoms with van der Waals surface area (Å²) in [7, 11) is 2.51. The number of hydrogen-bond donors (Lipinski definition) is 5. The lowest BCUT2D eigenvalue weighted by molar-refractivity contribution is -0.148. The Morgan fingerprint density at radius 1 is 0.929 bits per heavy atom. The molecule has 0 saturated carbocycles. The first-order chi connectivity index (χ1) is 6.45. The number of hydrogen-bond acceptors (Lipinski definition) is 5. The molecule has 0 aromatic heterocycles. The summed E-state index contributed by atoms with van der Waals surface area (Å²) in [6.07, 6.45) is -5.53. The maximum Gasteiger partial charge on any atom is 0.251 e. The first kappa shape index (κ1) is 12.8. The third kappa shape index (κ3) is 2.95. The second-order valence-electron chi connectivity index (χ2n) is 2.61. The highest BCUT2D eigenvalue weighted by Gasteiger charge is 2.33.